The van der Waals surface area contributed by atoms with Crippen molar-refractivity contribution in [3.8, 4) is 0 Å². The third kappa shape index (κ3) is 4.80. The van der Waals surface area contributed by atoms with Crippen molar-refractivity contribution in [1.29, 1.82) is 0 Å². The van der Waals surface area contributed by atoms with E-state index in [0.717, 1.165) is 24.4 Å². The minimum absolute atomic E-state index is 0.0816. The molecule has 1 aromatic rings. The normalized spacial score (nSPS) is 20.2. The Kier molecular flexibility index (Phi) is 6.59. The minimum atomic E-state index is -0.193. The van der Waals surface area contributed by atoms with E-state index in [4.69, 9.17) is 4.74 Å². The van der Waals surface area contributed by atoms with Crippen LogP contribution in [0.3, 0.4) is 0 Å². The number of nitrogens with zero attached hydrogens (tertiary/aromatic N) is 2. The van der Waals surface area contributed by atoms with Gasteiger partial charge >= 0.3 is 0 Å². The monoisotopic (exact) mass is 380 g/mol. The van der Waals surface area contributed by atoms with Crippen molar-refractivity contribution in [3.05, 3.63) is 12.1 Å². The van der Waals surface area contributed by atoms with Crippen LogP contribution >= 0.6 is 11.3 Å². The molecule has 1 atom stereocenters. The molecule has 2 aliphatic rings. The van der Waals surface area contributed by atoms with Crippen LogP contribution in [0.4, 0.5) is 10.0 Å². The summed E-state index contributed by atoms with van der Waals surface area (Å²) in [6.07, 6.45) is 3.14. The van der Waals surface area contributed by atoms with E-state index in [0.29, 0.717) is 50.6 Å². The molecule has 0 bridgehead atoms. The predicted molar refractivity (Wildman–Crippen MR) is 99.1 cm³/mol. The molecule has 3 amide bonds. The number of nitrogens with one attached hydrogen (secondary N) is 2. The molecule has 9 heteroatoms. The predicted octanol–water partition coefficient (Wildman–Crippen LogP) is 0.998. The van der Waals surface area contributed by atoms with Crippen LogP contribution in [0.2, 0.25) is 0 Å². The largest absolute Gasteiger partial charge is 0.377 e. The number of thiophene rings is 1. The molecular weight excluding hydrogens is 356 g/mol. The first kappa shape index (κ1) is 18.8. The molecule has 0 aromatic carbocycles. The molecule has 2 aliphatic heterocycles. The number of amides is 3. The van der Waals surface area contributed by atoms with Crippen LogP contribution in [-0.2, 0) is 19.1 Å². The first-order valence-corrected chi connectivity index (χ1v) is 9.71. The fourth-order valence-electron chi connectivity index (χ4n) is 3.11. The standard InChI is InChI=1S/C17H24N4O4S/c22-12-21(13-11-25-10-7-18-13)17-6-5-15(26-17)19-14(23)3-1-8-20-9-2-4-16(20)24/h5-6,12-13,18H,1-4,7-11H2,(H,19,23). The van der Waals surface area contributed by atoms with Crippen molar-refractivity contribution in [3.63, 3.8) is 0 Å². The van der Waals surface area contributed by atoms with Crippen LogP contribution < -0.4 is 15.5 Å². The van der Waals surface area contributed by atoms with Crippen molar-refractivity contribution >= 4 is 39.6 Å². The van der Waals surface area contributed by atoms with Gasteiger partial charge in [-0.25, -0.2) is 0 Å². The lowest BCUT2D eigenvalue weighted by atomic mass is 10.3. The van der Waals surface area contributed by atoms with Gasteiger partial charge in [-0.15, -0.1) is 11.3 Å². The summed E-state index contributed by atoms with van der Waals surface area (Å²) < 4.78 is 5.40. The summed E-state index contributed by atoms with van der Waals surface area (Å²) in [7, 11) is 0. The SMILES string of the molecule is O=CN(c1ccc(NC(=O)CCCN2CCCC2=O)s1)C1COCCN1. The van der Waals surface area contributed by atoms with E-state index in [1.165, 1.54) is 11.3 Å². The van der Waals surface area contributed by atoms with E-state index < -0.39 is 0 Å². The molecule has 3 heterocycles. The van der Waals surface area contributed by atoms with Crippen molar-refractivity contribution < 1.29 is 19.1 Å². The van der Waals surface area contributed by atoms with Gasteiger partial charge in [0.2, 0.25) is 18.2 Å². The number of hydrogen-bond acceptors (Lipinski definition) is 6. The van der Waals surface area contributed by atoms with Gasteiger partial charge in [0.15, 0.2) is 0 Å². The molecule has 1 unspecified atom stereocenters. The Labute approximate surface area is 156 Å². The lowest BCUT2D eigenvalue weighted by Crippen LogP contribution is -2.52. The first-order chi connectivity index (χ1) is 12.7. The maximum absolute atomic E-state index is 12.1. The summed E-state index contributed by atoms with van der Waals surface area (Å²) in [5.41, 5.74) is 0. The molecule has 2 saturated heterocycles. The Morgan fingerprint density at radius 3 is 3.08 bits per heavy atom. The second-order valence-corrected chi connectivity index (χ2v) is 7.39. The lowest BCUT2D eigenvalue weighted by molar-refractivity contribution is -0.128. The van der Waals surface area contributed by atoms with E-state index in [-0.39, 0.29) is 18.0 Å². The van der Waals surface area contributed by atoms with Gasteiger partial charge in [0.1, 0.15) is 11.2 Å². The minimum Gasteiger partial charge on any atom is -0.377 e. The smallest absolute Gasteiger partial charge is 0.225 e. The zero-order valence-electron chi connectivity index (χ0n) is 14.6. The zero-order chi connectivity index (χ0) is 18.4. The average Bonchev–Trinajstić information content (AvgIpc) is 3.26. The topological polar surface area (TPSA) is 91.0 Å². The Hall–Kier alpha value is -1.97. The van der Waals surface area contributed by atoms with Crippen molar-refractivity contribution in [2.75, 3.05) is 43.1 Å². The average molecular weight is 380 g/mol. The first-order valence-electron chi connectivity index (χ1n) is 8.89. The van der Waals surface area contributed by atoms with Gasteiger partial charge in [0, 0.05) is 32.5 Å². The van der Waals surface area contributed by atoms with Gasteiger partial charge in [-0.3, -0.25) is 24.6 Å². The maximum atomic E-state index is 12.1. The molecule has 3 rings (SSSR count). The van der Waals surface area contributed by atoms with Crippen molar-refractivity contribution in [2.24, 2.45) is 0 Å². The molecule has 26 heavy (non-hydrogen) atoms. The van der Waals surface area contributed by atoms with E-state index >= 15 is 0 Å². The van der Waals surface area contributed by atoms with E-state index in [2.05, 4.69) is 10.6 Å². The lowest BCUT2D eigenvalue weighted by Gasteiger charge is -2.31. The zero-order valence-corrected chi connectivity index (χ0v) is 15.4. The van der Waals surface area contributed by atoms with E-state index in [9.17, 15) is 14.4 Å². The number of ether oxygens (including phenoxy) is 1. The number of hydrogen-bond donors (Lipinski definition) is 2. The summed E-state index contributed by atoms with van der Waals surface area (Å²) >= 11 is 1.35. The Bertz CT molecular complexity index is 644. The van der Waals surface area contributed by atoms with Crippen molar-refractivity contribution in [2.45, 2.75) is 31.8 Å². The highest BCUT2D eigenvalue weighted by molar-refractivity contribution is 7.20. The molecule has 142 valence electrons. The summed E-state index contributed by atoms with van der Waals surface area (Å²) in [5, 5.41) is 7.55. The summed E-state index contributed by atoms with van der Waals surface area (Å²) in [6, 6.07) is 3.61. The van der Waals surface area contributed by atoms with Crippen LogP contribution in [-0.4, -0.2) is 62.1 Å². The van der Waals surface area contributed by atoms with Gasteiger partial charge in [-0.1, -0.05) is 0 Å². The summed E-state index contributed by atoms with van der Waals surface area (Å²) in [4.78, 5) is 38.5. The molecule has 0 radical (unpaired) electrons. The number of rotatable bonds is 8. The number of carbonyl (C=O) groups is 3. The summed E-state index contributed by atoms with van der Waals surface area (Å²) in [6.45, 7) is 3.21. The summed E-state index contributed by atoms with van der Waals surface area (Å²) in [5.74, 6) is 0.101. The quantitative estimate of drug-likeness (QED) is 0.657. The Morgan fingerprint density at radius 2 is 2.38 bits per heavy atom. The third-order valence-electron chi connectivity index (χ3n) is 4.46. The molecule has 0 saturated carbocycles. The van der Waals surface area contributed by atoms with Gasteiger partial charge in [0.25, 0.3) is 0 Å². The number of morpholine rings is 1. The number of carbonyl (C=O) groups excluding carboxylic acids is 3. The molecule has 2 N–H and O–H groups in total. The van der Waals surface area contributed by atoms with E-state index in [1.807, 2.05) is 11.0 Å². The highest BCUT2D eigenvalue weighted by Gasteiger charge is 2.23. The molecule has 0 spiro atoms. The van der Waals surface area contributed by atoms with E-state index in [1.54, 1.807) is 11.0 Å². The van der Waals surface area contributed by atoms with Crippen LogP contribution in [0.25, 0.3) is 0 Å². The van der Waals surface area contributed by atoms with Gasteiger partial charge in [0.05, 0.1) is 18.2 Å². The molecule has 1 aromatic heterocycles. The maximum Gasteiger partial charge on any atom is 0.225 e. The molecule has 0 aliphatic carbocycles. The van der Waals surface area contributed by atoms with Crippen LogP contribution in [0.1, 0.15) is 25.7 Å². The second-order valence-electron chi connectivity index (χ2n) is 6.33. The van der Waals surface area contributed by atoms with Crippen LogP contribution in [0.5, 0.6) is 0 Å². The number of likely N-dealkylation sites (tertiary alicyclic amines) is 1. The molecular formula is C17H24N4O4S. The van der Waals surface area contributed by atoms with Gasteiger partial charge in [-0.05, 0) is 25.0 Å². The Balaban J connectivity index is 1.46. The third-order valence-corrected chi connectivity index (χ3v) is 5.48. The molecule has 2 fully saturated rings. The van der Waals surface area contributed by atoms with Crippen molar-refractivity contribution in [1.82, 2.24) is 10.2 Å². The van der Waals surface area contributed by atoms with Crippen LogP contribution in [0, 0.1) is 0 Å². The number of anilines is 2. The van der Waals surface area contributed by atoms with Gasteiger partial charge < -0.3 is 15.0 Å². The fraction of sp³-hybridized carbons (Fsp3) is 0.588. The Morgan fingerprint density at radius 1 is 1.50 bits per heavy atom. The highest BCUT2D eigenvalue weighted by atomic mass is 32.1. The second kappa shape index (κ2) is 9.11. The fourth-order valence-corrected chi connectivity index (χ4v) is 4.05. The van der Waals surface area contributed by atoms with Crippen LogP contribution in [0.15, 0.2) is 12.1 Å². The molecule has 8 nitrogen and oxygen atoms in total. The highest BCUT2D eigenvalue weighted by Crippen LogP contribution is 2.30. The van der Waals surface area contributed by atoms with Gasteiger partial charge in [-0.2, -0.15) is 0 Å².